The first-order valence-electron chi connectivity index (χ1n) is 6.32. The number of carbonyl (C=O) groups excluding carboxylic acids is 1. The van der Waals surface area contributed by atoms with Crippen LogP contribution in [0.1, 0.15) is 10.4 Å². The first-order valence-corrected chi connectivity index (χ1v) is 6.32. The fourth-order valence-electron chi connectivity index (χ4n) is 2.07. The second-order valence-electron chi connectivity index (χ2n) is 4.51. The van der Waals surface area contributed by atoms with Crippen LogP contribution in [0, 0.1) is 0 Å². The molecule has 0 atom stereocenters. The summed E-state index contributed by atoms with van der Waals surface area (Å²) in [5.74, 6) is -0.720. The van der Waals surface area contributed by atoms with Gasteiger partial charge in [0, 0.05) is 24.7 Å². The Hall–Kier alpha value is -2.15. The van der Waals surface area contributed by atoms with Crippen molar-refractivity contribution in [2.24, 2.45) is 5.73 Å². The molecule has 1 aromatic heterocycles. The summed E-state index contributed by atoms with van der Waals surface area (Å²) in [6, 6.07) is 8.28. The number of nitrogens with zero attached hydrogens (tertiary/aromatic N) is 2. The highest BCUT2D eigenvalue weighted by Gasteiger charge is 2.33. The van der Waals surface area contributed by atoms with Gasteiger partial charge >= 0.3 is 6.18 Å². The lowest BCUT2D eigenvalue weighted by Gasteiger charge is -2.23. The summed E-state index contributed by atoms with van der Waals surface area (Å²) in [5, 5.41) is 0.697. The Balaban J connectivity index is 2.39. The molecule has 21 heavy (non-hydrogen) atoms. The van der Waals surface area contributed by atoms with Crippen LogP contribution in [0.25, 0.3) is 10.9 Å². The molecule has 7 heteroatoms. The zero-order valence-electron chi connectivity index (χ0n) is 11.1. The van der Waals surface area contributed by atoms with Gasteiger partial charge in [-0.2, -0.15) is 13.2 Å². The Morgan fingerprint density at radius 1 is 1.24 bits per heavy atom. The average molecular weight is 297 g/mol. The number of fused-ring (bicyclic) bond motifs is 1. The number of rotatable bonds is 4. The first kappa shape index (κ1) is 15.2. The summed E-state index contributed by atoms with van der Waals surface area (Å²) in [6.07, 6.45) is -2.97. The predicted octanol–water partition coefficient (Wildman–Crippen LogP) is 2.20. The Kier molecular flexibility index (Phi) is 4.42. The summed E-state index contributed by atoms with van der Waals surface area (Å²) in [6.45, 7) is -1.53. The van der Waals surface area contributed by atoms with Crippen LogP contribution in [0.5, 0.6) is 0 Å². The summed E-state index contributed by atoms with van der Waals surface area (Å²) >= 11 is 0. The predicted molar refractivity (Wildman–Crippen MR) is 72.8 cm³/mol. The molecule has 0 saturated carbocycles. The number of halogens is 3. The van der Waals surface area contributed by atoms with Crippen LogP contribution < -0.4 is 5.73 Å². The molecule has 1 aromatic carbocycles. The van der Waals surface area contributed by atoms with Crippen molar-refractivity contribution in [2.75, 3.05) is 19.6 Å². The Bertz CT molecular complexity index is 637. The maximum Gasteiger partial charge on any atom is 0.406 e. The van der Waals surface area contributed by atoms with Crippen molar-refractivity contribution in [3.8, 4) is 0 Å². The van der Waals surface area contributed by atoms with E-state index in [0.29, 0.717) is 15.8 Å². The highest BCUT2D eigenvalue weighted by molar-refractivity contribution is 6.05. The minimum Gasteiger partial charge on any atom is -0.329 e. The molecule has 0 radical (unpaired) electrons. The molecule has 1 heterocycles. The smallest absolute Gasteiger partial charge is 0.329 e. The molecule has 0 bridgehead atoms. The number of carbonyl (C=O) groups is 1. The number of aromatic nitrogens is 1. The number of benzene rings is 1. The van der Waals surface area contributed by atoms with Crippen molar-refractivity contribution >= 4 is 16.8 Å². The number of hydrogen-bond donors (Lipinski definition) is 1. The number of nitrogens with two attached hydrogens (primary N) is 1. The van der Waals surface area contributed by atoms with E-state index in [2.05, 4.69) is 4.98 Å². The molecule has 4 nitrogen and oxygen atoms in total. The highest BCUT2D eigenvalue weighted by Crippen LogP contribution is 2.21. The molecular formula is C14H14F3N3O. The van der Waals surface area contributed by atoms with Gasteiger partial charge in [-0.15, -0.1) is 0 Å². The summed E-state index contributed by atoms with van der Waals surface area (Å²) in [4.78, 5) is 17.1. The van der Waals surface area contributed by atoms with Gasteiger partial charge in [0.15, 0.2) is 0 Å². The third kappa shape index (κ3) is 3.69. The number of hydrogen-bond acceptors (Lipinski definition) is 3. The van der Waals surface area contributed by atoms with E-state index in [1.165, 1.54) is 12.3 Å². The van der Waals surface area contributed by atoms with Gasteiger partial charge in [-0.25, -0.2) is 0 Å². The second-order valence-corrected chi connectivity index (χ2v) is 4.51. The van der Waals surface area contributed by atoms with Crippen molar-refractivity contribution in [1.82, 2.24) is 9.88 Å². The largest absolute Gasteiger partial charge is 0.406 e. The van der Waals surface area contributed by atoms with Crippen molar-refractivity contribution in [3.63, 3.8) is 0 Å². The van der Waals surface area contributed by atoms with Gasteiger partial charge in [-0.1, -0.05) is 18.2 Å². The van der Waals surface area contributed by atoms with Crippen molar-refractivity contribution < 1.29 is 18.0 Å². The van der Waals surface area contributed by atoms with Crippen molar-refractivity contribution in [2.45, 2.75) is 6.18 Å². The Labute approximate surface area is 119 Å². The van der Waals surface area contributed by atoms with E-state index in [-0.39, 0.29) is 18.7 Å². The monoisotopic (exact) mass is 297 g/mol. The molecule has 0 aliphatic carbocycles. The summed E-state index contributed by atoms with van der Waals surface area (Å²) in [7, 11) is 0. The van der Waals surface area contributed by atoms with Crippen LogP contribution in [0.4, 0.5) is 13.2 Å². The van der Waals surface area contributed by atoms with E-state index in [1.54, 1.807) is 24.3 Å². The highest BCUT2D eigenvalue weighted by atomic mass is 19.4. The Morgan fingerprint density at radius 2 is 1.95 bits per heavy atom. The number of amides is 1. The lowest BCUT2D eigenvalue weighted by molar-refractivity contribution is -0.140. The van der Waals surface area contributed by atoms with Gasteiger partial charge in [-0.3, -0.25) is 9.78 Å². The third-order valence-corrected chi connectivity index (χ3v) is 2.92. The summed E-state index contributed by atoms with van der Waals surface area (Å²) in [5.41, 5.74) is 5.83. The van der Waals surface area contributed by atoms with Gasteiger partial charge < -0.3 is 10.6 Å². The van der Waals surface area contributed by atoms with Crippen LogP contribution in [0.15, 0.2) is 36.5 Å². The van der Waals surface area contributed by atoms with Gasteiger partial charge in [-0.05, 0) is 12.1 Å². The van der Waals surface area contributed by atoms with E-state index in [9.17, 15) is 18.0 Å². The molecule has 2 aromatic rings. The molecule has 0 aliphatic heterocycles. The van der Waals surface area contributed by atoms with Gasteiger partial charge in [0.2, 0.25) is 0 Å². The SMILES string of the molecule is NCCN(CC(F)(F)F)C(=O)c1cccc2cccnc12. The van der Waals surface area contributed by atoms with Crippen molar-refractivity contribution in [3.05, 3.63) is 42.1 Å². The molecule has 0 aliphatic rings. The molecule has 112 valence electrons. The lowest BCUT2D eigenvalue weighted by Crippen LogP contribution is -2.41. The molecular weight excluding hydrogens is 283 g/mol. The molecule has 2 N–H and O–H groups in total. The Morgan fingerprint density at radius 3 is 2.62 bits per heavy atom. The third-order valence-electron chi connectivity index (χ3n) is 2.92. The van der Waals surface area contributed by atoms with Gasteiger partial charge in [0.05, 0.1) is 11.1 Å². The zero-order chi connectivity index (χ0) is 15.5. The fourth-order valence-corrected chi connectivity index (χ4v) is 2.07. The maximum absolute atomic E-state index is 12.6. The molecule has 0 spiro atoms. The minimum atomic E-state index is -4.47. The van der Waals surface area contributed by atoms with Crippen LogP contribution in [-0.4, -0.2) is 41.6 Å². The van der Waals surface area contributed by atoms with E-state index >= 15 is 0 Å². The molecule has 0 fully saturated rings. The van der Waals surface area contributed by atoms with Crippen LogP contribution in [0.2, 0.25) is 0 Å². The van der Waals surface area contributed by atoms with E-state index in [1.807, 2.05) is 0 Å². The van der Waals surface area contributed by atoms with Gasteiger partial charge in [0.25, 0.3) is 5.91 Å². The number of alkyl halides is 3. The van der Waals surface area contributed by atoms with Gasteiger partial charge in [0.1, 0.15) is 6.54 Å². The maximum atomic E-state index is 12.6. The molecule has 2 rings (SSSR count). The van der Waals surface area contributed by atoms with Crippen molar-refractivity contribution in [1.29, 1.82) is 0 Å². The molecule has 1 amide bonds. The minimum absolute atomic E-state index is 0.0417. The normalized spacial score (nSPS) is 11.6. The first-order chi connectivity index (χ1) is 9.92. The lowest BCUT2D eigenvalue weighted by atomic mass is 10.1. The van der Waals surface area contributed by atoms with Crippen LogP contribution >= 0.6 is 0 Å². The van der Waals surface area contributed by atoms with E-state index in [4.69, 9.17) is 5.73 Å². The second kappa shape index (κ2) is 6.09. The average Bonchev–Trinajstić information content (AvgIpc) is 2.44. The number of para-hydroxylation sites is 1. The number of pyridine rings is 1. The van der Waals surface area contributed by atoms with E-state index in [0.717, 1.165) is 0 Å². The topological polar surface area (TPSA) is 59.2 Å². The molecule has 0 saturated heterocycles. The zero-order valence-corrected chi connectivity index (χ0v) is 11.1. The molecule has 0 unspecified atom stereocenters. The van der Waals surface area contributed by atoms with Crippen LogP contribution in [0.3, 0.4) is 0 Å². The fraction of sp³-hybridized carbons (Fsp3) is 0.286. The quantitative estimate of drug-likeness (QED) is 0.941. The summed E-state index contributed by atoms with van der Waals surface area (Å²) < 4.78 is 37.7. The van der Waals surface area contributed by atoms with E-state index < -0.39 is 18.6 Å². The van der Waals surface area contributed by atoms with Crippen LogP contribution in [-0.2, 0) is 0 Å². The standard InChI is InChI=1S/C14H14F3N3O/c15-14(16,17)9-20(8-6-18)13(21)11-5-1-3-10-4-2-7-19-12(10)11/h1-5,7H,6,8-9,18H2.